The molecule has 0 aliphatic heterocycles. The third kappa shape index (κ3) is 4.18. The second-order valence-corrected chi connectivity index (χ2v) is 8.19. The van der Waals surface area contributed by atoms with Crippen LogP contribution in [-0.2, 0) is 16.4 Å². The van der Waals surface area contributed by atoms with Crippen molar-refractivity contribution in [3.63, 3.8) is 0 Å². The lowest BCUT2D eigenvalue weighted by Crippen LogP contribution is -2.39. The second kappa shape index (κ2) is 6.49. The third-order valence-corrected chi connectivity index (χ3v) is 6.69. The minimum Gasteiger partial charge on any atom is -0.206 e. The zero-order chi connectivity index (χ0) is 13.1. The van der Waals surface area contributed by atoms with Crippen molar-refractivity contribution in [1.82, 2.24) is 4.72 Å². The van der Waals surface area contributed by atoms with Gasteiger partial charge in [-0.25, -0.2) is 13.1 Å². The Morgan fingerprint density at radius 2 is 2.06 bits per heavy atom. The van der Waals surface area contributed by atoms with Gasteiger partial charge in [-0.05, 0) is 24.5 Å². The summed E-state index contributed by atoms with van der Waals surface area (Å²) >= 11 is 3.56. The Balaban J connectivity index is 2.88. The largest absolute Gasteiger partial charge is 0.250 e. The monoisotopic (exact) mass is 387 g/mol. The average molecular weight is 387 g/mol. The minimum absolute atomic E-state index is 0.00669. The highest BCUT2D eigenvalue weighted by atomic mass is 127. The maximum Gasteiger partial charge on any atom is 0.250 e. The summed E-state index contributed by atoms with van der Waals surface area (Å²) in [7, 11) is -3.34. The molecular formula is C11H18INO2S2. The Labute approximate surface area is 121 Å². The lowest BCUT2D eigenvalue weighted by atomic mass is 10.1. The summed E-state index contributed by atoms with van der Waals surface area (Å²) in [6.07, 6.45) is 0.875. The Bertz CT molecular complexity index is 454. The quantitative estimate of drug-likeness (QED) is 0.603. The molecule has 0 radical (unpaired) electrons. The lowest BCUT2D eigenvalue weighted by Gasteiger charge is -2.19. The first-order valence-electron chi connectivity index (χ1n) is 5.57. The van der Waals surface area contributed by atoms with Gasteiger partial charge in [-0.3, -0.25) is 0 Å². The molecule has 1 rings (SSSR count). The summed E-state index contributed by atoms with van der Waals surface area (Å²) in [5.41, 5.74) is 0. The highest BCUT2D eigenvalue weighted by molar-refractivity contribution is 14.1. The van der Waals surface area contributed by atoms with Gasteiger partial charge in [-0.1, -0.05) is 43.4 Å². The second-order valence-electron chi connectivity index (χ2n) is 4.20. The fourth-order valence-electron chi connectivity index (χ4n) is 1.30. The molecule has 0 amide bonds. The van der Waals surface area contributed by atoms with E-state index in [0.717, 1.165) is 15.7 Å². The van der Waals surface area contributed by atoms with E-state index in [4.69, 9.17) is 0 Å². The molecule has 0 aliphatic rings. The van der Waals surface area contributed by atoms with E-state index < -0.39 is 10.0 Å². The van der Waals surface area contributed by atoms with Crippen LogP contribution in [0.25, 0.3) is 0 Å². The number of aryl methyl sites for hydroxylation is 1. The molecule has 98 valence electrons. The Morgan fingerprint density at radius 1 is 1.41 bits per heavy atom. The zero-order valence-corrected chi connectivity index (χ0v) is 14.0. The first kappa shape index (κ1) is 15.4. The van der Waals surface area contributed by atoms with Gasteiger partial charge in [0, 0.05) is 15.3 Å². The van der Waals surface area contributed by atoms with Gasteiger partial charge in [0.05, 0.1) is 0 Å². The maximum atomic E-state index is 12.1. The van der Waals surface area contributed by atoms with Gasteiger partial charge in [0.25, 0.3) is 0 Å². The molecule has 0 fully saturated rings. The normalized spacial score (nSPS) is 14.2. The predicted molar refractivity (Wildman–Crippen MR) is 81.5 cm³/mol. The molecule has 0 aliphatic carbocycles. The number of thiophene rings is 1. The molecular weight excluding hydrogens is 369 g/mol. The molecule has 6 heteroatoms. The van der Waals surface area contributed by atoms with Crippen molar-refractivity contribution in [2.24, 2.45) is 5.92 Å². The van der Waals surface area contributed by atoms with E-state index in [1.165, 1.54) is 11.3 Å². The van der Waals surface area contributed by atoms with Gasteiger partial charge in [0.2, 0.25) is 10.0 Å². The molecule has 3 nitrogen and oxygen atoms in total. The molecule has 1 aromatic rings. The summed E-state index contributed by atoms with van der Waals surface area (Å²) < 4.78 is 28.2. The van der Waals surface area contributed by atoms with Gasteiger partial charge in [0.1, 0.15) is 4.21 Å². The van der Waals surface area contributed by atoms with Crippen LogP contribution in [0.4, 0.5) is 0 Å². The van der Waals surface area contributed by atoms with Gasteiger partial charge in [0.15, 0.2) is 0 Å². The Kier molecular flexibility index (Phi) is 5.88. The van der Waals surface area contributed by atoms with Crippen LogP contribution < -0.4 is 4.72 Å². The Hall–Kier alpha value is 0.340. The van der Waals surface area contributed by atoms with Crippen molar-refractivity contribution in [2.45, 2.75) is 37.4 Å². The fourth-order valence-corrected chi connectivity index (χ4v) is 5.53. The number of rotatable bonds is 6. The highest BCUT2D eigenvalue weighted by Gasteiger charge is 2.22. The van der Waals surface area contributed by atoms with E-state index in [2.05, 4.69) is 27.3 Å². The zero-order valence-electron chi connectivity index (χ0n) is 10.2. The Morgan fingerprint density at radius 3 is 2.47 bits per heavy atom. The van der Waals surface area contributed by atoms with Crippen molar-refractivity contribution in [1.29, 1.82) is 0 Å². The molecule has 1 heterocycles. The third-order valence-electron chi connectivity index (χ3n) is 2.53. The maximum absolute atomic E-state index is 12.1. The van der Waals surface area contributed by atoms with Gasteiger partial charge in [-0.2, -0.15) is 0 Å². The van der Waals surface area contributed by atoms with Gasteiger partial charge < -0.3 is 0 Å². The number of hydrogen-bond donors (Lipinski definition) is 1. The topological polar surface area (TPSA) is 46.2 Å². The first-order chi connectivity index (χ1) is 7.90. The number of nitrogens with one attached hydrogen (secondary N) is 1. The van der Waals surface area contributed by atoms with E-state index in [1.54, 1.807) is 6.07 Å². The van der Waals surface area contributed by atoms with Crippen LogP contribution in [0.15, 0.2) is 16.3 Å². The average Bonchev–Trinajstić information content (AvgIpc) is 2.74. The number of alkyl halides is 1. The molecule has 1 atom stereocenters. The van der Waals surface area contributed by atoms with E-state index in [0.29, 0.717) is 10.1 Å². The van der Waals surface area contributed by atoms with Crippen molar-refractivity contribution in [3.05, 3.63) is 17.0 Å². The van der Waals surface area contributed by atoms with Crippen LogP contribution in [0.1, 0.15) is 25.6 Å². The SMILES string of the molecule is CCc1ccc(S(=O)(=O)NC(CI)C(C)C)s1. The molecule has 0 aromatic carbocycles. The van der Waals surface area contributed by atoms with E-state index in [1.807, 2.05) is 26.8 Å². The van der Waals surface area contributed by atoms with Crippen molar-refractivity contribution >= 4 is 44.0 Å². The molecule has 0 saturated heterocycles. The molecule has 17 heavy (non-hydrogen) atoms. The number of sulfonamides is 1. The van der Waals surface area contributed by atoms with Crippen LogP contribution in [0.2, 0.25) is 0 Å². The summed E-state index contributed by atoms with van der Waals surface area (Å²) in [4.78, 5) is 1.10. The summed E-state index contributed by atoms with van der Waals surface area (Å²) in [5.74, 6) is 0.298. The summed E-state index contributed by atoms with van der Waals surface area (Å²) in [5, 5.41) is 0. The molecule has 0 spiro atoms. The van der Waals surface area contributed by atoms with E-state index >= 15 is 0 Å². The molecule has 0 bridgehead atoms. The van der Waals surface area contributed by atoms with Crippen LogP contribution in [-0.4, -0.2) is 18.9 Å². The summed E-state index contributed by atoms with van der Waals surface area (Å²) in [6, 6.07) is 3.57. The van der Waals surface area contributed by atoms with Crippen LogP contribution in [0.5, 0.6) is 0 Å². The van der Waals surface area contributed by atoms with Crippen molar-refractivity contribution in [2.75, 3.05) is 4.43 Å². The molecule has 1 unspecified atom stereocenters. The minimum atomic E-state index is -3.34. The fraction of sp³-hybridized carbons (Fsp3) is 0.636. The molecule has 0 saturated carbocycles. The van der Waals surface area contributed by atoms with Crippen LogP contribution in [0, 0.1) is 5.92 Å². The molecule has 1 aromatic heterocycles. The van der Waals surface area contributed by atoms with Crippen LogP contribution in [0.3, 0.4) is 0 Å². The smallest absolute Gasteiger partial charge is 0.206 e. The van der Waals surface area contributed by atoms with E-state index in [-0.39, 0.29) is 6.04 Å². The van der Waals surface area contributed by atoms with Crippen molar-refractivity contribution < 1.29 is 8.42 Å². The van der Waals surface area contributed by atoms with Crippen molar-refractivity contribution in [3.8, 4) is 0 Å². The highest BCUT2D eigenvalue weighted by Crippen LogP contribution is 2.22. The first-order valence-corrected chi connectivity index (χ1v) is 9.40. The lowest BCUT2D eigenvalue weighted by molar-refractivity contribution is 0.487. The standard InChI is InChI=1S/C11H18INO2S2/c1-4-9-5-6-11(16-9)17(14,15)13-10(7-12)8(2)3/h5-6,8,10,13H,4,7H2,1-3H3. The van der Waals surface area contributed by atoms with E-state index in [9.17, 15) is 8.42 Å². The number of hydrogen-bond acceptors (Lipinski definition) is 3. The number of halogens is 1. The van der Waals surface area contributed by atoms with Crippen LogP contribution >= 0.6 is 33.9 Å². The van der Waals surface area contributed by atoms with Gasteiger partial charge in [-0.15, -0.1) is 11.3 Å². The summed E-state index contributed by atoms with van der Waals surface area (Å²) in [6.45, 7) is 6.08. The van der Waals surface area contributed by atoms with Gasteiger partial charge >= 0.3 is 0 Å². The molecule has 1 N–H and O–H groups in total. The predicted octanol–water partition coefficient (Wildman–Crippen LogP) is 3.05.